The first-order valence-corrected chi connectivity index (χ1v) is 8.88. The molecule has 6 nitrogen and oxygen atoms in total. The van der Waals surface area contributed by atoms with Crippen molar-refractivity contribution in [1.29, 1.82) is 0 Å². The maximum absolute atomic E-state index is 12.9. The molecule has 1 atom stereocenters. The van der Waals surface area contributed by atoms with Crippen LogP contribution in [0.25, 0.3) is 0 Å². The lowest BCUT2D eigenvalue weighted by molar-refractivity contribution is 0.0761. The largest absolute Gasteiger partial charge is 0.485 e. The Morgan fingerprint density at radius 1 is 1.24 bits per heavy atom. The van der Waals surface area contributed by atoms with Gasteiger partial charge >= 0.3 is 0 Å². The van der Waals surface area contributed by atoms with Gasteiger partial charge in [0.25, 0.3) is 5.91 Å². The average Bonchev–Trinajstić information content (AvgIpc) is 3.15. The monoisotopic (exact) mass is 340 g/mol. The zero-order valence-electron chi connectivity index (χ0n) is 14.8. The normalized spacial score (nSPS) is 19.9. The zero-order valence-corrected chi connectivity index (χ0v) is 14.8. The van der Waals surface area contributed by atoms with Gasteiger partial charge in [0.2, 0.25) is 0 Å². The Hall–Kier alpha value is -2.50. The van der Waals surface area contributed by atoms with Crippen molar-refractivity contribution in [2.24, 2.45) is 0 Å². The van der Waals surface area contributed by atoms with Gasteiger partial charge in [0, 0.05) is 45.5 Å². The lowest BCUT2D eigenvalue weighted by atomic mass is 10.3. The van der Waals surface area contributed by atoms with E-state index in [1.165, 1.54) is 12.8 Å². The molecule has 2 fully saturated rings. The highest BCUT2D eigenvalue weighted by atomic mass is 16.5. The quantitative estimate of drug-likeness (QED) is 0.839. The van der Waals surface area contributed by atoms with E-state index in [0.29, 0.717) is 12.6 Å². The fourth-order valence-electron chi connectivity index (χ4n) is 3.41. The van der Waals surface area contributed by atoms with Crippen LogP contribution >= 0.6 is 0 Å². The van der Waals surface area contributed by atoms with Crippen molar-refractivity contribution in [2.45, 2.75) is 31.4 Å². The summed E-state index contributed by atoms with van der Waals surface area (Å²) in [5.74, 6) is 1.70. The van der Waals surface area contributed by atoms with Crippen molar-refractivity contribution in [2.75, 3.05) is 32.1 Å². The number of likely N-dealkylation sites (tertiary alicyclic amines) is 1. The van der Waals surface area contributed by atoms with E-state index in [2.05, 4.69) is 9.55 Å². The lowest BCUT2D eigenvalue weighted by Crippen LogP contribution is -2.32. The molecule has 0 N–H and O–H groups in total. The number of ether oxygens (including phenoxy) is 1. The lowest BCUT2D eigenvalue weighted by Gasteiger charge is -2.20. The summed E-state index contributed by atoms with van der Waals surface area (Å²) in [6, 6.07) is 8.23. The molecule has 1 saturated heterocycles. The number of pyridine rings is 1. The molecule has 2 aliphatic rings. The Morgan fingerprint density at radius 2 is 2.08 bits per heavy atom. The van der Waals surface area contributed by atoms with E-state index < -0.39 is 0 Å². The first-order chi connectivity index (χ1) is 12.1. The summed E-state index contributed by atoms with van der Waals surface area (Å²) in [6.45, 7) is 1.35. The smallest absolute Gasteiger partial charge is 0.270 e. The molecule has 0 radical (unpaired) electrons. The van der Waals surface area contributed by atoms with Gasteiger partial charge in [-0.05, 0) is 37.1 Å². The molecule has 6 heteroatoms. The van der Waals surface area contributed by atoms with Gasteiger partial charge < -0.3 is 19.1 Å². The Morgan fingerprint density at radius 3 is 2.84 bits per heavy atom. The second-order valence-corrected chi connectivity index (χ2v) is 7.03. The molecule has 2 aromatic heterocycles. The van der Waals surface area contributed by atoms with Gasteiger partial charge in [0.1, 0.15) is 11.8 Å². The van der Waals surface area contributed by atoms with Gasteiger partial charge in [0.05, 0.1) is 6.54 Å². The molecule has 0 unspecified atom stereocenters. The number of aromatic nitrogens is 2. The fourth-order valence-corrected chi connectivity index (χ4v) is 3.41. The number of carbonyl (C=O) groups is 1. The number of anilines is 1. The third-order valence-electron chi connectivity index (χ3n) is 4.84. The standard InChI is InChI=1S/C19H24N4O2/c1-21(2)18-17(6-3-10-20-18)25-15-9-12-22(13-15)19(24)16-5-4-11-23(16)14-7-8-14/h3-6,10-11,14-15H,7-9,12-13H2,1-2H3/t15-/m0/s1. The van der Waals surface area contributed by atoms with Gasteiger partial charge in [0.15, 0.2) is 11.6 Å². The minimum atomic E-state index is 0.0104. The molecule has 2 aromatic rings. The Labute approximate surface area is 148 Å². The number of carbonyl (C=O) groups excluding carboxylic acids is 1. The van der Waals surface area contributed by atoms with Crippen molar-refractivity contribution >= 4 is 11.7 Å². The molecule has 132 valence electrons. The summed E-state index contributed by atoms with van der Waals surface area (Å²) < 4.78 is 8.28. The Bertz CT molecular complexity index is 766. The van der Waals surface area contributed by atoms with Crippen LogP contribution in [0.15, 0.2) is 36.7 Å². The number of amides is 1. The van der Waals surface area contributed by atoms with E-state index in [1.807, 2.05) is 54.4 Å². The van der Waals surface area contributed by atoms with Crippen molar-refractivity contribution in [3.8, 4) is 5.75 Å². The number of nitrogens with zero attached hydrogens (tertiary/aromatic N) is 4. The molecular formula is C19H24N4O2. The van der Waals surface area contributed by atoms with Crippen LogP contribution in [-0.2, 0) is 0 Å². The van der Waals surface area contributed by atoms with Crippen LogP contribution in [-0.4, -0.2) is 53.6 Å². The summed E-state index contributed by atoms with van der Waals surface area (Å²) in [6.07, 6.45) is 6.99. The van der Waals surface area contributed by atoms with Crippen LogP contribution in [0.2, 0.25) is 0 Å². The number of hydrogen-bond acceptors (Lipinski definition) is 4. The van der Waals surface area contributed by atoms with Crippen molar-refractivity contribution in [3.05, 3.63) is 42.4 Å². The topological polar surface area (TPSA) is 50.6 Å². The van der Waals surface area contributed by atoms with Crippen LogP contribution in [0.1, 0.15) is 35.8 Å². The number of rotatable bonds is 5. The SMILES string of the molecule is CN(C)c1ncccc1O[C@H]1CCN(C(=O)c2cccn2C2CC2)C1. The highest BCUT2D eigenvalue weighted by Crippen LogP contribution is 2.36. The van der Waals surface area contributed by atoms with Gasteiger partial charge in [-0.2, -0.15) is 0 Å². The van der Waals surface area contributed by atoms with Crippen LogP contribution in [0.4, 0.5) is 5.82 Å². The van der Waals surface area contributed by atoms with Crippen molar-refractivity contribution in [1.82, 2.24) is 14.5 Å². The van der Waals surface area contributed by atoms with Gasteiger partial charge in [-0.3, -0.25) is 4.79 Å². The number of hydrogen-bond donors (Lipinski definition) is 0. The fraction of sp³-hybridized carbons (Fsp3) is 0.474. The molecule has 1 aliphatic carbocycles. The summed E-state index contributed by atoms with van der Waals surface area (Å²) in [7, 11) is 3.90. The molecule has 0 aromatic carbocycles. The second-order valence-electron chi connectivity index (χ2n) is 7.03. The third-order valence-corrected chi connectivity index (χ3v) is 4.84. The zero-order chi connectivity index (χ0) is 17.4. The van der Waals surface area contributed by atoms with E-state index in [1.54, 1.807) is 6.20 Å². The van der Waals surface area contributed by atoms with Crippen LogP contribution < -0.4 is 9.64 Å². The molecular weight excluding hydrogens is 316 g/mol. The Balaban J connectivity index is 1.43. The van der Waals surface area contributed by atoms with Crippen molar-refractivity contribution in [3.63, 3.8) is 0 Å². The molecule has 3 heterocycles. The molecule has 1 aliphatic heterocycles. The van der Waals surface area contributed by atoms with E-state index in [-0.39, 0.29) is 12.0 Å². The Kier molecular flexibility index (Phi) is 4.11. The van der Waals surface area contributed by atoms with Crippen LogP contribution in [0.5, 0.6) is 5.75 Å². The summed E-state index contributed by atoms with van der Waals surface area (Å²) >= 11 is 0. The molecule has 0 bridgehead atoms. The summed E-state index contributed by atoms with van der Waals surface area (Å²) in [4.78, 5) is 21.1. The maximum Gasteiger partial charge on any atom is 0.270 e. The maximum atomic E-state index is 12.9. The predicted octanol–water partition coefficient (Wildman–Crippen LogP) is 2.58. The van der Waals surface area contributed by atoms with Gasteiger partial charge in [-0.25, -0.2) is 4.98 Å². The predicted molar refractivity (Wildman–Crippen MR) is 96.2 cm³/mol. The minimum Gasteiger partial charge on any atom is -0.485 e. The minimum absolute atomic E-state index is 0.0104. The van der Waals surface area contributed by atoms with Gasteiger partial charge in [-0.15, -0.1) is 0 Å². The summed E-state index contributed by atoms with van der Waals surface area (Å²) in [5.41, 5.74) is 0.804. The first kappa shape index (κ1) is 16.0. The van der Waals surface area contributed by atoms with Crippen LogP contribution in [0, 0.1) is 0 Å². The second kappa shape index (κ2) is 6.43. The van der Waals surface area contributed by atoms with Crippen LogP contribution in [0.3, 0.4) is 0 Å². The molecule has 4 rings (SSSR count). The molecule has 1 saturated carbocycles. The van der Waals surface area contributed by atoms with Crippen molar-refractivity contribution < 1.29 is 9.53 Å². The highest BCUT2D eigenvalue weighted by Gasteiger charge is 2.32. The molecule has 1 amide bonds. The average molecular weight is 340 g/mol. The third kappa shape index (κ3) is 3.21. The highest BCUT2D eigenvalue weighted by molar-refractivity contribution is 5.93. The molecule has 0 spiro atoms. The van der Waals surface area contributed by atoms with E-state index >= 15 is 0 Å². The summed E-state index contributed by atoms with van der Waals surface area (Å²) in [5, 5.41) is 0. The van der Waals surface area contributed by atoms with Gasteiger partial charge in [-0.1, -0.05) is 0 Å². The van der Waals surface area contributed by atoms with E-state index in [9.17, 15) is 4.79 Å². The molecule has 25 heavy (non-hydrogen) atoms. The first-order valence-electron chi connectivity index (χ1n) is 8.88. The van der Waals surface area contributed by atoms with E-state index in [4.69, 9.17) is 4.74 Å². The van der Waals surface area contributed by atoms with E-state index in [0.717, 1.165) is 30.2 Å².